The van der Waals surface area contributed by atoms with Gasteiger partial charge in [0.25, 0.3) is 5.56 Å². The summed E-state index contributed by atoms with van der Waals surface area (Å²) >= 11 is 6.25. The van der Waals surface area contributed by atoms with Crippen LogP contribution >= 0.6 is 11.6 Å². The molecule has 5 nitrogen and oxygen atoms in total. The van der Waals surface area contributed by atoms with Gasteiger partial charge in [-0.3, -0.25) is 9.78 Å². The van der Waals surface area contributed by atoms with Crippen molar-refractivity contribution in [2.75, 3.05) is 6.61 Å². The topological polar surface area (TPSA) is 70.1 Å². The Morgan fingerprint density at radius 2 is 2.09 bits per heavy atom. The predicted molar refractivity (Wildman–Crippen MR) is 87.4 cm³/mol. The van der Waals surface area contributed by atoms with Gasteiger partial charge >= 0.3 is 0 Å². The van der Waals surface area contributed by atoms with Crippen LogP contribution in [0.25, 0.3) is 11.0 Å². The summed E-state index contributed by atoms with van der Waals surface area (Å²) in [4.78, 5) is 16.1. The molecule has 0 atom stereocenters. The van der Waals surface area contributed by atoms with E-state index in [1.54, 1.807) is 19.3 Å². The molecule has 1 saturated carbocycles. The SMILES string of the molecule is Cn1c(=O)ccc2ncc(Cl)c(OCC3CCC(N)CC3)c21. The van der Waals surface area contributed by atoms with Crippen molar-refractivity contribution in [3.8, 4) is 5.75 Å². The number of nitrogens with zero attached hydrogens (tertiary/aromatic N) is 2. The van der Waals surface area contributed by atoms with Gasteiger partial charge in [-0.1, -0.05) is 11.6 Å². The molecule has 3 rings (SSSR count). The van der Waals surface area contributed by atoms with Crippen LogP contribution in [0.4, 0.5) is 0 Å². The Morgan fingerprint density at radius 1 is 1.36 bits per heavy atom. The lowest BCUT2D eigenvalue weighted by Gasteiger charge is -2.26. The highest BCUT2D eigenvalue weighted by atomic mass is 35.5. The number of aromatic nitrogens is 2. The van der Waals surface area contributed by atoms with E-state index < -0.39 is 0 Å². The average Bonchev–Trinajstić information content (AvgIpc) is 2.52. The van der Waals surface area contributed by atoms with Crippen LogP contribution < -0.4 is 16.0 Å². The fraction of sp³-hybridized carbons (Fsp3) is 0.500. The van der Waals surface area contributed by atoms with Gasteiger partial charge in [-0.25, -0.2) is 0 Å². The summed E-state index contributed by atoms with van der Waals surface area (Å²) in [5.41, 5.74) is 7.17. The monoisotopic (exact) mass is 321 g/mol. The molecule has 0 spiro atoms. The van der Waals surface area contributed by atoms with Crippen molar-refractivity contribution >= 4 is 22.6 Å². The highest BCUT2D eigenvalue weighted by Crippen LogP contribution is 2.32. The Hall–Kier alpha value is -1.59. The lowest BCUT2D eigenvalue weighted by Crippen LogP contribution is -2.29. The molecule has 2 N–H and O–H groups in total. The first-order chi connectivity index (χ1) is 10.6. The Morgan fingerprint density at radius 3 is 2.82 bits per heavy atom. The van der Waals surface area contributed by atoms with Gasteiger partial charge < -0.3 is 15.0 Å². The van der Waals surface area contributed by atoms with Crippen LogP contribution in [0.5, 0.6) is 5.75 Å². The second kappa shape index (κ2) is 6.26. The largest absolute Gasteiger partial charge is 0.489 e. The lowest BCUT2D eigenvalue weighted by atomic mass is 9.87. The maximum atomic E-state index is 11.9. The number of fused-ring (bicyclic) bond motifs is 1. The van der Waals surface area contributed by atoms with Gasteiger partial charge in [-0.2, -0.15) is 0 Å². The van der Waals surface area contributed by atoms with E-state index >= 15 is 0 Å². The van der Waals surface area contributed by atoms with Crippen molar-refractivity contribution < 1.29 is 4.74 Å². The Balaban J connectivity index is 1.88. The minimum absolute atomic E-state index is 0.106. The standard InChI is InChI=1S/C16H20ClN3O2/c1-20-14(21)7-6-13-15(20)16(12(17)8-19-13)22-9-10-2-4-11(18)5-3-10/h6-8,10-11H,2-5,9,18H2,1H3. The number of rotatable bonds is 3. The Kier molecular flexibility index (Phi) is 4.36. The second-order valence-corrected chi connectivity index (χ2v) is 6.40. The molecule has 2 heterocycles. The minimum atomic E-state index is -0.106. The van der Waals surface area contributed by atoms with E-state index in [2.05, 4.69) is 4.98 Å². The number of halogens is 1. The summed E-state index contributed by atoms with van der Waals surface area (Å²) < 4.78 is 7.52. The summed E-state index contributed by atoms with van der Waals surface area (Å²) in [6.45, 7) is 0.592. The molecule has 2 aromatic rings. The molecule has 0 bridgehead atoms. The molecule has 0 aliphatic heterocycles. The van der Waals surface area contributed by atoms with E-state index in [4.69, 9.17) is 22.1 Å². The lowest BCUT2D eigenvalue weighted by molar-refractivity contribution is 0.202. The van der Waals surface area contributed by atoms with Gasteiger partial charge in [-0.15, -0.1) is 0 Å². The first-order valence-corrected chi connectivity index (χ1v) is 7.96. The zero-order valence-electron chi connectivity index (χ0n) is 12.6. The highest BCUT2D eigenvalue weighted by Gasteiger charge is 2.20. The number of ether oxygens (including phenoxy) is 1. The smallest absolute Gasteiger partial charge is 0.250 e. The van der Waals surface area contributed by atoms with Gasteiger partial charge in [0.15, 0.2) is 5.75 Å². The molecule has 0 aromatic carbocycles. The van der Waals surface area contributed by atoms with Gasteiger partial charge in [0.2, 0.25) is 0 Å². The number of aryl methyl sites for hydroxylation is 1. The van der Waals surface area contributed by atoms with Crippen molar-refractivity contribution in [1.29, 1.82) is 0 Å². The van der Waals surface area contributed by atoms with Crippen molar-refractivity contribution in [1.82, 2.24) is 9.55 Å². The molecule has 6 heteroatoms. The quantitative estimate of drug-likeness (QED) is 0.943. The van der Waals surface area contributed by atoms with Crippen molar-refractivity contribution in [2.24, 2.45) is 18.7 Å². The van der Waals surface area contributed by atoms with Crippen LogP contribution in [0.1, 0.15) is 25.7 Å². The van der Waals surface area contributed by atoms with E-state index in [9.17, 15) is 4.79 Å². The number of pyridine rings is 2. The minimum Gasteiger partial charge on any atom is -0.489 e. The van der Waals surface area contributed by atoms with E-state index in [0.29, 0.717) is 40.4 Å². The molecule has 1 aliphatic carbocycles. The summed E-state index contributed by atoms with van der Waals surface area (Å²) in [5.74, 6) is 1.03. The van der Waals surface area contributed by atoms with E-state index in [0.717, 1.165) is 25.7 Å². The van der Waals surface area contributed by atoms with Crippen molar-refractivity contribution in [3.63, 3.8) is 0 Å². The maximum absolute atomic E-state index is 11.9. The third-order valence-electron chi connectivity index (χ3n) is 4.40. The molecule has 0 unspecified atom stereocenters. The number of hydrogen-bond acceptors (Lipinski definition) is 4. The molecule has 1 aliphatic rings. The molecule has 2 aromatic heterocycles. The van der Waals surface area contributed by atoms with Crippen molar-refractivity contribution in [2.45, 2.75) is 31.7 Å². The third-order valence-corrected chi connectivity index (χ3v) is 4.67. The van der Waals surface area contributed by atoms with Crippen LogP contribution in [0.3, 0.4) is 0 Å². The summed E-state index contributed by atoms with van der Waals surface area (Å²) in [7, 11) is 1.70. The zero-order chi connectivity index (χ0) is 15.7. The van der Waals surface area contributed by atoms with Crippen molar-refractivity contribution in [3.05, 3.63) is 33.7 Å². The fourth-order valence-corrected chi connectivity index (χ4v) is 3.18. The third kappa shape index (κ3) is 2.96. The number of nitrogens with two attached hydrogens (primary N) is 1. The molecule has 0 saturated heterocycles. The molecule has 1 fully saturated rings. The maximum Gasteiger partial charge on any atom is 0.250 e. The van der Waals surface area contributed by atoms with Crippen LogP contribution in [0.2, 0.25) is 5.02 Å². The Labute approximate surface area is 134 Å². The normalized spacial score (nSPS) is 22.0. The Bertz CT molecular complexity index is 736. The average molecular weight is 322 g/mol. The van der Waals surface area contributed by atoms with Gasteiger partial charge in [0.1, 0.15) is 10.5 Å². The van der Waals surface area contributed by atoms with Gasteiger partial charge in [0, 0.05) is 19.2 Å². The summed E-state index contributed by atoms with van der Waals surface area (Å²) in [6, 6.07) is 3.51. The molecular weight excluding hydrogens is 302 g/mol. The highest BCUT2D eigenvalue weighted by molar-refractivity contribution is 6.32. The predicted octanol–water partition coefficient (Wildman–Crippen LogP) is 2.48. The van der Waals surface area contributed by atoms with Crippen LogP contribution in [0.15, 0.2) is 23.1 Å². The second-order valence-electron chi connectivity index (χ2n) is 5.99. The summed E-state index contributed by atoms with van der Waals surface area (Å²) in [5, 5.41) is 0.432. The fourth-order valence-electron chi connectivity index (χ4n) is 2.99. The van der Waals surface area contributed by atoms with Gasteiger partial charge in [0.05, 0.1) is 18.3 Å². The summed E-state index contributed by atoms with van der Waals surface area (Å²) in [6.07, 6.45) is 5.79. The first kappa shape index (κ1) is 15.3. The zero-order valence-corrected chi connectivity index (χ0v) is 13.3. The molecule has 0 amide bonds. The molecule has 118 valence electrons. The van der Waals surface area contributed by atoms with E-state index in [1.165, 1.54) is 10.6 Å². The number of hydrogen-bond donors (Lipinski definition) is 1. The van der Waals surface area contributed by atoms with E-state index in [-0.39, 0.29) is 5.56 Å². The van der Waals surface area contributed by atoms with Crippen LogP contribution in [0, 0.1) is 5.92 Å². The van der Waals surface area contributed by atoms with Crippen LogP contribution in [-0.2, 0) is 7.05 Å². The first-order valence-electron chi connectivity index (χ1n) is 7.59. The van der Waals surface area contributed by atoms with E-state index in [1.807, 2.05) is 0 Å². The van der Waals surface area contributed by atoms with Gasteiger partial charge in [-0.05, 0) is 37.7 Å². The molecule has 0 radical (unpaired) electrons. The van der Waals surface area contributed by atoms with Crippen LogP contribution in [-0.4, -0.2) is 22.2 Å². The molecule has 22 heavy (non-hydrogen) atoms. The molecular formula is C16H20ClN3O2.